The molecule has 20 heavy (non-hydrogen) atoms. The van der Waals surface area contributed by atoms with Crippen LogP contribution in [0.4, 0.5) is 4.79 Å². The van der Waals surface area contributed by atoms with E-state index in [9.17, 15) is 4.79 Å². The number of carbonyl (C=O) groups is 1. The van der Waals surface area contributed by atoms with E-state index in [2.05, 4.69) is 33.0 Å². The van der Waals surface area contributed by atoms with Crippen LogP contribution in [0, 0.1) is 0 Å². The number of carbonyl (C=O) groups excluding carboxylic acids is 1. The Bertz CT molecular complexity index is 237. The van der Waals surface area contributed by atoms with Crippen LogP contribution in [0.3, 0.4) is 0 Å². The van der Waals surface area contributed by atoms with Crippen molar-refractivity contribution in [2.45, 2.75) is 83.6 Å². The van der Waals surface area contributed by atoms with Gasteiger partial charge in [0.05, 0.1) is 0 Å². The molecule has 1 atom stereocenters. The zero-order valence-corrected chi connectivity index (χ0v) is 17.1. The van der Waals surface area contributed by atoms with Gasteiger partial charge in [0.15, 0.2) is 0 Å². The summed E-state index contributed by atoms with van der Waals surface area (Å²) in [6.07, 6.45) is 7.54. The van der Waals surface area contributed by atoms with Crippen molar-refractivity contribution in [3.8, 4) is 0 Å². The van der Waals surface area contributed by atoms with Crippen LogP contribution in [0.15, 0.2) is 0 Å². The second-order valence-electron chi connectivity index (χ2n) is 6.03. The van der Waals surface area contributed by atoms with Gasteiger partial charge in [-0.15, -0.1) is 0 Å². The minimum atomic E-state index is -2.32. The summed E-state index contributed by atoms with van der Waals surface area (Å²) in [5, 5.41) is 3.13. The van der Waals surface area contributed by atoms with Gasteiger partial charge in [-0.05, 0) is 0 Å². The summed E-state index contributed by atoms with van der Waals surface area (Å²) < 4.78 is 9.44. The zero-order chi connectivity index (χ0) is 15.4. The first-order valence-electron chi connectivity index (χ1n) is 8.40. The number of amides is 1. The third-order valence-electron chi connectivity index (χ3n) is 4.52. The Morgan fingerprint density at radius 2 is 1.40 bits per heavy atom. The number of nitrogens with one attached hydrogen (secondary N) is 1. The van der Waals surface area contributed by atoms with Gasteiger partial charge in [-0.2, -0.15) is 0 Å². The number of rotatable bonds is 11. The summed E-state index contributed by atoms with van der Waals surface area (Å²) in [5.41, 5.74) is 0. The monoisotopic (exact) mass is 393 g/mol. The number of methoxy groups -OCH3 is 1. The predicted molar refractivity (Wildman–Crippen MR) is 89.9 cm³/mol. The van der Waals surface area contributed by atoms with Crippen molar-refractivity contribution in [1.29, 1.82) is 0 Å². The average Bonchev–Trinajstić information content (AvgIpc) is 2.46. The Labute approximate surface area is 130 Å². The van der Waals surface area contributed by atoms with Gasteiger partial charge >= 0.3 is 130 Å². The van der Waals surface area contributed by atoms with Gasteiger partial charge < -0.3 is 0 Å². The fourth-order valence-electron chi connectivity index (χ4n) is 3.00. The van der Waals surface area contributed by atoms with Crippen LogP contribution in [-0.2, 0) is 4.74 Å². The van der Waals surface area contributed by atoms with Crippen molar-refractivity contribution in [3.63, 3.8) is 0 Å². The molecule has 0 saturated carbocycles. The van der Waals surface area contributed by atoms with Gasteiger partial charge in [-0.25, -0.2) is 0 Å². The van der Waals surface area contributed by atoms with E-state index in [1.54, 1.807) is 0 Å². The summed E-state index contributed by atoms with van der Waals surface area (Å²) in [7, 11) is 1.46. The number of alkyl carbamates (subject to hydrolysis) is 1. The van der Waals surface area contributed by atoms with Crippen molar-refractivity contribution in [1.82, 2.24) is 5.32 Å². The predicted octanol–water partition coefficient (Wildman–Crippen LogP) is 5.12. The van der Waals surface area contributed by atoms with E-state index >= 15 is 0 Å². The summed E-state index contributed by atoms with van der Waals surface area (Å²) in [6, 6.07) is 0. The summed E-state index contributed by atoms with van der Waals surface area (Å²) >= 11 is -2.32. The molecule has 1 unspecified atom stereocenters. The van der Waals surface area contributed by atoms with Gasteiger partial charge in [0.25, 0.3) is 0 Å². The number of unbranched alkanes of at least 4 members (excludes halogenated alkanes) is 3. The summed E-state index contributed by atoms with van der Waals surface area (Å²) in [6.45, 7) is 9.06. The Hall–Kier alpha value is 0.0687. The van der Waals surface area contributed by atoms with E-state index in [-0.39, 0.29) is 6.09 Å². The molecule has 0 radical (unpaired) electrons. The Balaban J connectivity index is 4.94. The standard InChI is InChI=1S/C4H8NO2.3C4H9.Sn/c1-3-5-4(6)7-2;3*1-3-4-2;/h3H,1-2H3,(H,5,6);3*1,3-4H2,2H3;. The zero-order valence-electron chi connectivity index (χ0n) is 14.3. The Kier molecular flexibility index (Phi) is 11.7. The molecule has 1 amide bonds. The van der Waals surface area contributed by atoms with Crippen LogP contribution in [0.5, 0.6) is 0 Å². The second-order valence-corrected chi connectivity index (χ2v) is 20.6. The van der Waals surface area contributed by atoms with Crippen molar-refractivity contribution < 1.29 is 9.53 Å². The normalized spacial score (nSPS) is 13.1. The van der Waals surface area contributed by atoms with Crippen LogP contribution in [0.1, 0.15) is 66.2 Å². The number of ether oxygens (including phenoxy) is 1. The molecule has 120 valence electrons. The number of hydrogen-bond acceptors (Lipinski definition) is 2. The van der Waals surface area contributed by atoms with E-state index in [1.807, 2.05) is 0 Å². The molecule has 0 aliphatic rings. The molecule has 0 saturated heterocycles. The third-order valence-corrected chi connectivity index (χ3v) is 21.7. The fourth-order valence-corrected chi connectivity index (χ4v) is 19.1. The summed E-state index contributed by atoms with van der Waals surface area (Å²) in [4.78, 5) is 11.6. The van der Waals surface area contributed by atoms with Crippen LogP contribution in [0.2, 0.25) is 13.3 Å². The minimum absolute atomic E-state index is 0.247. The molecule has 0 fully saturated rings. The first kappa shape index (κ1) is 20.1. The van der Waals surface area contributed by atoms with E-state index in [0.717, 1.165) is 0 Å². The first-order valence-corrected chi connectivity index (χ1v) is 16.1. The molecule has 0 spiro atoms. The van der Waals surface area contributed by atoms with Crippen molar-refractivity contribution in [2.75, 3.05) is 7.11 Å². The number of hydrogen-bond donors (Lipinski definition) is 1. The molecular formula is C16H35NO2Sn. The van der Waals surface area contributed by atoms with Gasteiger partial charge in [-0.1, -0.05) is 0 Å². The molecule has 1 N–H and O–H groups in total. The van der Waals surface area contributed by atoms with E-state index < -0.39 is 18.4 Å². The van der Waals surface area contributed by atoms with Crippen molar-refractivity contribution >= 4 is 24.5 Å². The van der Waals surface area contributed by atoms with Crippen molar-refractivity contribution in [3.05, 3.63) is 0 Å². The van der Waals surface area contributed by atoms with Gasteiger partial charge in [0, 0.05) is 0 Å². The van der Waals surface area contributed by atoms with Gasteiger partial charge in [-0.3, -0.25) is 0 Å². The van der Waals surface area contributed by atoms with Crippen LogP contribution >= 0.6 is 0 Å². The molecule has 0 aliphatic carbocycles. The SMILES string of the molecule is CCC[CH2][Sn]([CH2]CCC)([CH2]CCC)[CH](C)NC(=O)OC. The Morgan fingerprint density at radius 3 is 1.70 bits per heavy atom. The molecule has 3 nitrogen and oxygen atoms in total. The van der Waals surface area contributed by atoms with Gasteiger partial charge in [0.1, 0.15) is 0 Å². The van der Waals surface area contributed by atoms with E-state index in [0.29, 0.717) is 4.06 Å². The third kappa shape index (κ3) is 7.18. The maximum atomic E-state index is 11.6. The molecule has 0 bridgehead atoms. The quantitative estimate of drug-likeness (QED) is 0.496. The van der Waals surface area contributed by atoms with E-state index in [4.69, 9.17) is 4.74 Å². The molecule has 0 aromatic carbocycles. The van der Waals surface area contributed by atoms with Crippen LogP contribution in [-0.4, -0.2) is 35.6 Å². The first-order chi connectivity index (χ1) is 9.56. The second kappa shape index (κ2) is 11.7. The topological polar surface area (TPSA) is 38.3 Å². The van der Waals surface area contributed by atoms with Crippen LogP contribution < -0.4 is 5.32 Å². The average molecular weight is 392 g/mol. The molecule has 0 aromatic heterocycles. The molecular weight excluding hydrogens is 357 g/mol. The van der Waals surface area contributed by atoms with Gasteiger partial charge in [0.2, 0.25) is 0 Å². The van der Waals surface area contributed by atoms with E-state index in [1.165, 1.54) is 58.9 Å². The fraction of sp³-hybridized carbons (Fsp3) is 0.938. The Morgan fingerprint density at radius 1 is 1.00 bits per heavy atom. The molecule has 4 heteroatoms. The molecule has 0 aromatic rings. The van der Waals surface area contributed by atoms with Crippen LogP contribution in [0.25, 0.3) is 0 Å². The summed E-state index contributed by atoms with van der Waals surface area (Å²) in [5.74, 6) is 0. The maximum absolute atomic E-state index is 11.6. The molecule has 0 rings (SSSR count). The molecule has 0 aliphatic heterocycles. The van der Waals surface area contributed by atoms with Crippen molar-refractivity contribution in [2.24, 2.45) is 0 Å². The molecule has 0 heterocycles.